The molecule has 1 rings (SSSR count). The quantitative estimate of drug-likeness (QED) is 0.887. The predicted molar refractivity (Wildman–Crippen MR) is 57.9 cm³/mol. The smallest absolute Gasteiger partial charge is 0.303 e. The molecule has 0 aliphatic carbocycles. The van der Waals surface area contributed by atoms with Crippen LogP contribution in [-0.2, 0) is 4.79 Å². The van der Waals surface area contributed by atoms with E-state index in [1.807, 2.05) is 0 Å². The highest BCUT2D eigenvalue weighted by molar-refractivity contribution is 9.10. The van der Waals surface area contributed by atoms with Gasteiger partial charge < -0.3 is 10.8 Å². The van der Waals surface area contributed by atoms with E-state index in [2.05, 4.69) is 15.9 Å². The van der Waals surface area contributed by atoms with E-state index in [1.54, 1.807) is 12.1 Å². The summed E-state index contributed by atoms with van der Waals surface area (Å²) >= 11 is 3.05. The Morgan fingerprint density at radius 1 is 1.60 bits per heavy atom. The minimum Gasteiger partial charge on any atom is -0.481 e. The molecule has 0 spiro atoms. The third-order valence-electron chi connectivity index (χ3n) is 2.04. The van der Waals surface area contributed by atoms with E-state index in [0.29, 0.717) is 10.9 Å². The van der Waals surface area contributed by atoms with Gasteiger partial charge in [0.1, 0.15) is 5.82 Å². The highest BCUT2D eigenvalue weighted by Crippen LogP contribution is 2.22. The van der Waals surface area contributed by atoms with E-state index < -0.39 is 5.97 Å². The molecular weight excluding hydrogens is 265 g/mol. The highest BCUT2D eigenvalue weighted by Gasteiger charge is 2.10. The first-order chi connectivity index (χ1) is 7.00. The van der Waals surface area contributed by atoms with E-state index in [-0.39, 0.29) is 18.3 Å². The van der Waals surface area contributed by atoms with Crippen LogP contribution in [-0.4, -0.2) is 11.1 Å². The van der Waals surface area contributed by atoms with Crippen molar-refractivity contribution >= 4 is 21.9 Å². The second-order valence-electron chi connectivity index (χ2n) is 3.21. The van der Waals surface area contributed by atoms with Gasteiger partial charge in [0.25, 0.3) is 0 Å². The Morgan fingerprint density at radius 3 is 2.80 bits per heavy atom. The lowest BCUT2D eigenvalue weighted by atomic mass is 10.0. The number of carboxylic acids is 1. The number of benzene rings is 1. The maximum atomic E-state index is 12.9. The van der Waals surface area contributed by atoms with Gasteiger partial charge in [0.05, 0.1) is 4.47 Å². The molecule has 0 aliphatic rings. The molecule has 1 aromatic rings. The summed E-state index contributed by atoms with van der Waals surface area (Å²) in [4.78, 5) is 10.3. The van der Waals surface area contributed by atoms with Crippen LogP contribution in [0.25, 0.3) is 0 Å². The third-order valence-corrected chi connectivity index (χ3v) is 2.65. The first kappa shape index (κ1) is 12.1. The van der Waals surface area contributed by atoms with Crippen molar-refractivity contribution in [3.05, 3.63) is 34.1 Å². The molecule has 82 valence electrons. The molecule has 5 heteroatoms. The van der Waals surface area contributed by atoms with Crippen LogP contribution in [0.3, 0.4) is 0 Å². The lowest BCUT2D eigenvalue weighted by molar-refractivity contribution is -0.137. The fourth-order valence-corrected chi connectivity index (χ4v) is 1.59. The summed E-state index contributed by atoms with van der Waals surface area (Å²) in [5.41, 5.74) is 6.48. The largest absolute Gasteiger partial charge is 0.481 e. The van der Waals surface area contributed by atoms with E-state index in [1.165, 1.54) is 6.07 Å². The zero-order chi connectivity index (χ0) is 11.4. The van der Waals surface area contributed by atoms with Gasteiger partial charge >= 0.3 is 5.97 Å². The molecule has 15 heavy (non-hydrogen) atoms. The van der Waals surface area contributed by atoms with Crippen molar-refractivity contribution in [2.24, 2.45) is 5.73 Å². The van der Waals surface area contributed by atoms with Gasteiger partial charge in [-0.25, -0.2) is 4.39 Å². The summed E-state index contributed by atoms with van der Waals surface area (Å²) in [5.74, 6) is -1.24. The molecule has 0 aromatic heterocycles. The number of carboxylic acid groups (broad SMARTS) is 1. The van der Waals surface area contributed by atoms with Crippen LogP contribution in [0.5, 0.6) is 0 Å². The topological polar surface area (TPSA) is 63.3 Å². The number of halogens is 2. The van der Waals surface area contributed by atoms with Crippen molar-refractivity contribution in [2.75, 3.05) is 0 Å². The van der Waals surface area contributed by atoms with Crippen LogP contribution in [0.2, 0.25) is 0 Å². The Labute approximate surface area is 95.2 Å². The Bertz CT molecular complexity index is 370. The van der Waals surface area contributed by atoms with Crippen LogP contribution >= 0.6 is 15.9 Å². The maximum Gasteiger partial charge on any atom is 0.303 e. The van der Waals surface area contributed by atoms with Gasteiger partial charge in [0.15, 0.2) is 0 Å². The zero-order valence-corrected chi connectivity index (χ0v) is 9.50. The van der Waals surface area contributed by atoms with Gasteiger partial charge in [-0.2, -0.15) is 0 Å². The molecule has 0 amide bonds. The Hall–Kier alpha value is -0.940. The fourth-order valence-electron chi connectivity index (χ4n) is 1.19. The first-order valence-corrected chi connectivity index (χ1v) is 5.22. The van der Waals surface area contributed by atoms with Gasteiger partial charge in [0.2, 0.25) is 0 Å². The zero-order valence-electron chi connectivity index (χ0n) is 7.91. The van der Waals surface area contributed by atoms with Crippen molar-refractivity contribution < 1.29 is 14.3 Å². The molecule has 0 heterocycles. The summed E-state index contributed by atoms with van der Waals surface area (Å²) < 4.78 is 13.2. The molecule has 0 fully saturated rings. The number of nitrogens with two attached hydrogens (primary N) is 1. The minimum atomic E-state index is -0.883. The van der Waals surface area contributed by atoms with Crippen LogP contribution in [0.4, 0.5) is 4.39 Å². The average Bonchev–Trinajstić information content (AvgIpc) is 2.18. The molecule has 0 bridgehead atoms. The molecule has 3 N–H and O–H groups in total. The van der Waals surface area contributed by atoms with Crippen LogP contribution in [0.15, 0.2) is 22.7 Å². The Morgan fingerprint density at radius 2 is 2.27 bits per heavy atom. The van der Waals surface area contributed by atoms with E-state index >= 15 is 0 Å². The third kappa shape index (κ3) is 3.60. The van der Waals surface area contributed by atoms with Gasteiger partial charge in [-0.1, -0.05) is 6.07 Å². The van der Waals surface area contributed by atoms with Crippen molar-refractivity contribution in [1.29, 1.82) is 0 Å². The van der Waals surface area contributed by atoms with E-state index in [4.69, 9.17) is 10.8 Å². The van der Waals surface area contributed by atoms with Crippen LogP contribution in [0, 0.1) is 5.82 Å². The molecule has 0 aliphatic heterocycles. The molecule has 3 nitrogen and oxygen atoms in total. The van der Waals surface area contributed by atoms with Crippen molar-refractivity contribution in [3.8, 4) is 0 Å². The summed E-state index contributed by atoms with van der Waals surface area (Å²) in [7, 11) is 0. The summed E-state index contributed by atoms with van der Waals surface area (Å²) in [5, 5.41) is 8.48. The normalized spacial score (nSPS) is 12.5. The molecule has 0 saturated carbocycles. The summed E-state index contributed by atoms with van der Waals surface area (Å²) in [6.07, 6.45) is 0.351. The van der Waals surface area contributed by atoms with Gasteiger partial charge in [-0.3, -0.25) is 4.79 Å². The lowest BCUT2D eigenvalue weighted by Gasteiger charge is -2.11. The number of hydrogen-bond donors (Lipinski definition) is 2. The van der Waals surface area contributed by atoms with Crippen molar-refractivity contribution in [3.63, 3.8) is 0 Å². The predicted octanol–water partition coefficient (Wildman–Crippen LogP) is 2.45. The Balaban J connectivity index is 2.69. The second kappa shape index (κ2) is 5.23. The van der Waals surface area contributed by atoms with Crippen molar-refractivity contribution in [2.45, 2.75) is 18.9 Å². The minimum absolute atomic E-state index is 0.0101. The number of rotatable bonds is 4. The van der Waals surface area contributed by atoms with E-state index in [0.717, 1.165) is 5.56 Å². The SMILES string of the molecule is NC(CCC(=O)O)c1ccc(F)c(Br)c1. The van der Waals surface area contributed by atoms with Gasteiger partial charge in [-0.15, -0.1) is 0 Å². The van der Waals surface area contributed by atoms with Crippen molar-refractivity contribution in [1.82, 2.24) is 0 Å². The number of carbonyl (C=O) groups is 1. The first-order valence-electron chi connectivity index (χ1n) is 4.43. The van der Waals surface area contributed by atoms with Gasteiger partial charge in [-0.05, 0) is 40.0 Å². The summed E-state index contributed by atoms with van der Waals surface area (Å²) in [6, 6.07) is 4.06. The molecule has 1 aromatic carbocycles. The number of aliphatic carboxylic acids is 1. The second-order valence-corrected chi connectivity index (χ2v) is 4.07. The molecule has 0 radical (unpaired) electrons. The monoisotopic (exact) mass is 275 g/mol. The highest BCUT2D eigenvalue weighted by atomic mass is 79.9. The molecule has 1 atom stereocenters. The maximum absolute atomic E-state index is 12.9. The standard InChI is InChI=1S/C10H11BrFNO2/c11-7-5-6(1-2-8(7)12)9(13)3-4-10(14)15/h1-2,5,9H,3-4,13H2,(H,14,15). The molecular formula is C10H11BrFNO2. The molecule has 0 saturated heterocycles. The fraction of sp³-hybridized carbons (Fsp3) is 0.300. The summed E-state index contributed by atoms with van der Waals surface area (Å²) in [6.45, 7) is 0. The lowest BCUT2D eigenvalue weighted by Crippen LogP contribution is -2.12. The number of hydrogen-bond acceptors (Lipinski definition) is 2. The average molecular weight is 276 g/mol. The molecule has 1 unspecified atom stereocenters. The van der Waals surface area contributed by atoms with E-state index in [9.17, 15) is 9.18 Å². The van der Waals surface area contributed by atoms with Gasteiger partial charge in [0, 0.05) is 12.5 Å². The van der Waals surface area contributed by atoms with Crippen LogP contribution in [0.1, 0.15) is 24.4 Å². The van der Waals surface area contributed by atoms with Crippen LogP contribution < -0.4 is 5.73 Å². The Kier molecular flexibility index (Phi) is 4.23.